The summed E-state index contributed by atoms with van der Waals surface area (Å²) in [6, 6.07) is -1.76. The van der Waals surface area contributed by atoms with Crippen LogP contribution in [-0.2, 0) is 53.0 Å². The fraction of sp³-hybridized carbons (Fsp3) is 0.914. The van der Waals surface area contributed by atoms with E-state index < -0.39 is 75.4 Å². The first-order valence-corrected chi connectivity index (χ1v) is 32.7. The van der Waals surface area contributed by atoms with Crippen LogP contribution in [-0.4, -0.2) is 174 Å². The zero-order valence-electron chi connectivity index (χ0n) is 48.0. The number of ether oxygens (including phenoxy) is 4. The molecule has 6 aliphatic carbocycles. The van der Waals surface area contributed by atoms with Gasteiger partial charge in [0.25, 0.3) is 16.8 Å². The summed E-state index contributed by atoms with van der Waals surface area (Å²) in [6.45, 7) is 11.1. The van der Waals surface area contributed by atoms with E-state index in [1.165, 1.54) is 4.90 Å². The van der Waals surface area contributed by atoms with Crippen molar-refractivity contribution in [3.05, 3.63) is 0 Å². The van der Waals surface area contributed by atoms with Gasteiger partial charge in [-0.15, -0.1) is 0 Å². The molecular weight excluding hydrogens is 1040 g/mol. The van der Waals surface area contributed by atoms with E-state index in [4.69, 9.17) is 35.4 Å². The molecule has 10 unspecified atom stereocenters. The molecule has 0 bridgehead atoms. The van der Waals surface area contributed by atoms with Crippen LogP contribution in [0.25, 0.3) is 0 Å². The van der Waals surface area contributed by atoms with Crippen LogP contribution in [0.2, 0.25) is 0 Å². The van der Waals surface area contributed by atoms with Gasteiger partial charge in [-0.25, -0.2) is 37.1 Å². The molecule has 4 amide bonds. The van der Waals surface area contributed by atoms with E-state index in [2.05, 4.69) is 32.6 Å². The molecule has 1 N–H and O–H groups in total. The summed E-state index contributed by atoms with van der Waals surface area (Å²) in [6.07, 6.45) is 19.8. The lowest BCUT2D eigenvalue weighted by Gasteiger charge is -2.53. The fourth-order valence-corrected chi connectivity index (χ4v) is 17.9. The van der Waals surface area contributed by atoms with Crippen molar-refractivity contribution in [3.63, 3.8) is 0 Å². The van der Waals surface area contributed by atoms with Crippen LogP contribution in [0.15, 0.2) is 0 Å². The highest BCUT2D eigenvalue weighted by Crippen LogP contribution is 2.60. The maximum Gasteiger partial charge on any atom is 0.334 e. The second-order valence-electron chi connectivity index (χ2n) is 24.0. The number of imide groups is 2. The van der Waals surface area contributed by atoms with Crippen molar-refractivity contribution < 1.29 is 61.5 Å². The average Bonchev–Trinajstić information content (AvgIpc) is 3.88. The van der Waals surface area contributed by atoms with Crippen molar-refractivity contribution >= 4 is 51.4 Å². The molecule has 6 saturated carbocycles. The number of rotatable bonds is 29. The smallest absolute Gasteiger partial charge is 0.334 e. The molecule has 0 spiro atoms. The van der Waals surface area contributed by atoms with E-state index in [9.17, 15) is 28.1 Å². The summed E-state index contributed by atoms with van der Waals surface area (Å²) < 4.78 is 54.3. The Labute approximate surface area is 471 Å². The fourth-order valence-electron chi connectivity index (χ4n) is 15.4. The second-order valence-corrected chi connectivity index (χ2v) is 26.8. The molecule has 0 aromatic heterocycles. The van der Waals surface area contributed by atoms with Gasteiger partial charge in [-0.3, -0.25) is 24.4 Å². The molecule has 78 heavy (non-hydrogen) atoms. The monoisotopic (exact) mass is 1140 g/mol. The van der Waals surface area contributed by atoms with Crippen molar-refractivity contribution in [1.82, 2.24) is 23.9 Å². The van der Waals surface area contributed by atoms with Gasteiger partial charge in [-0.05, 0) is 145 Å². The highest BCUT2D eigenvalue weighted by atomic mass is 35.5. The summed E-state index contributed by atoms with van der Waals surface area (Å²) in [5.41, 5.74) is 0. The van der Waals surface area contributed by atoms with Crippen molar-refractivity contribution in [3.8, 4) is 0 Å². The van der Waals surface area contributed by atoms with Gasteiger partial charge in [0.2, 0.25) is 10.0 Å². The Morgan fingerprint density at radius 3 is 1.68 bits per heavy atom. The molecule has 7 rings (SSSR count). The lowest BCUT2D eigenvalue weighted by Crippen LogP contribution is -2.76. The molecular formula is C58H98ClN5O13S. The summed E-state index contributed by atoms with van der Waals surface area (Å²) in [7, 11) is -3.66. The third-order valence-electron chi connectivity index (χ3n) is 19.4. The number of amides is 4. The van der Waals surface area contributed by atoms with Crippen molar-refractivity contribution in [2.75, 3.05) is 65.7 Å². The van der Waals surface area contributed by atoms with Crippen LogP contribution in [0, 0.1) is 35.5 Å². The van der Waals surface area contributed by atoms with E-state index >= 15 is 9.59 Å². The Kier molecular flexibility index (Phi) is 24.4. The number of hydrogen-bond donors (Lipinski definition) is 1. The summed E-state index contributed by atoms with van der Waals surface area (Å²) >= 11 is 7.84. The number of carbonyl (C=O) groups excluding carboxylic acids is 5. The Hall–Kier alpha value is -2.49. The number of halogens is 1. The highest BCUT2D eigenvalue weighted by molar-refractivity contribution is 7.89. The normalized spacial score (nSPS) is 29.8. The predicted molar refractivity (Wildman–Crippen MR) is 296 cm³/mol. The number of fused-ring (bicyclic) bond motifs is 3. The summed E-state index contributed by atoms with van der Waals surface area (Å²) in [5, 5.41) is 10.9. The lowest BCUT2D eigenvalue weighted by molar-refractivity contribution is -0.330. The first kappa shape index (κ1) is 63.1. The van der Waals surface area contributed by atoms with Crippen molar-refractivity contribution in [2.24, 2.45) is 35.5 Å². The average molecular weight is 1140 g/mol. The number of sulfonamides is 1. The van der Waals surface area contributed by atoms with Gasteiger partial charge in [0.15, 0.2) is 0 Å². The van der Waals surface area contributed by atoms with Crippen LogP contribution in [0.1, 0.15) is 195 Å². The maximum atomic E-state index is 15.6. The molecule has 10 atom stereocenters. The zero-order valence-corrected chi connectivity index (χ0v) is 49.6. The topological polar surface area (TPSA) is 202 Å². The largest absolute Gasteiger partial charge is 0.462 e. The minimum atomic E-state index is -3.66. The van der Waals surface area contributed by atoms with Crippen LogP contribution in [0.5, 0.6) is 0 Å². The molecule has 18 nitrogen and oxygen atoms in total. The number of urea groups is 1. The molecule has 20 heteroatoms. The van der Waals surface area contributed by atoms with Gasteiger partial charge in [0.05, 0.1) is 30.7 Å². The number of alkyl halides is 1. The van der Waals surface area contributed by atoms with Crippen LogP contribution >= 0.6 is 11.6 Å². The molecule has 1 saturated heterocycles. The summed E-state index contributed by atoms with van der Waals surface area (Å²) in [5.74, 6) is -4.09. The molecule has 7 fully saturated rings. The molecule has 1 aliphatic heterocycles. The van der Waals surface area contributed by atoms with Gasteiger partial charge in [0, 0.05) is 25.2 Å². The van der Waals surface area contributed by atoms with E-state index in [1.54, 1.807) is 4.31 Å². The summed E-state index contributed by atoms with van der Waals surface area (Å²) in [4.78, 5) is 81.2. The molecule has 446 valence electrons. The van der Waals surface area contributed by atoms with Crippen molar-refractivity contribution in [1.29, 1.82) is 0 Å². The number of unbranched alkanes of at least 4 members (excludes halogenated alkanes) is 2. The molecule has 1 heterocycles. The zero-order chi connectivity index (χ0) is 56.0. The minimum absolute atomic E-state index is 0.0537. The number of barbiturate groups is 1. The molecule has 0 aromatic carbocycles. The van der Waals surface area contributed by atoms with Crippen LogP contribution in [0.3, 0.4) is 0 Å². The highest BCUT2D eigenvalue weighted by Gasteiger charge is 2.65. The van der Waals surface area contributed by atoms with Crippen LogP contribution < -0.4 is 0 Å². The Morgan fingerprint density at radius 2 is 1.18 bits per heavy atom. The quantitative estimate of drug-likeness (QED) is 0.0108. The maximum absolute atomic E-state index is 15.6. The number of esters is 2. The Balaban J connectivity index is 1.22. The van der Waals surface area contributed by atoms with E-state index in [-0.39, 0.29) is 80.7 Å². The standard InChI is InChI=1S/C58H98ClN5O13S/c1-6-10-30-61(31-11-7-2)78(71,72)45-27-28-48-46-24-18-19-25-47(46)50(49(48)37-45)38-52(77-70)64(51-29-26-42(36-41(51)5)60(8-3)9-4)58(59)55(67)62(39-53(65)75-34-32-73-43-20-14-12-15-21-43)57(69)63(56(58)68)40-54(66)76-35-33-74-44-22-16-13-17-23-44/h41-52,70H,6-40H2,1-5H3. The number of hydrogen-bond acceptors (Lipinski definition) is 15. The first-order valence-electron chi connectivity index (χ1n) is 30.8. The Morgan fingerprint density at radius 1 is 0.667 bits per heavy atom. The number of nitrogens with zero attached hydrogens (tertiary/aromatic N) is 5. The molecule has 7 aliphatic rings. The molecule has 0 radical (unpaired) electrons. The first-order chi connectivity index (χ1) is 37.6. The van der Waals surface area contributed by atoms with Gasteiger partial charge < -0.3 is 23.8 Å². The number of carbonyl (C=O) groups is 5. The second kappa shape index (κ2) is 30.2. The van der Waals surface area contributed by atoms with Gasteiger partial charge in [-0.1, -0.05) is 110 Å². The Bertz CT molecular complexity index is 1990. The third-order valence-corrected chi connectivity index (χ3v) is 22.3. The van der Waals surface area contributed by atoms with Gasteiger partial charge in [0.1, 0.15) is 32.5 Å². The van der Waals surface area contributed by atoms with E-state index in [0.29, 0.717) is 60.9 Å². The van der Waals surface area contributed by atoms with Gasteiger partial charge in [-0.2, -0.15) is 0 Å². The SMILES string of the molecule is CCCCN(CCCC)S(=O)(=O)C1CCC2C3CCCCC3C(CC(OO)N(C3CCC(N(CC)CC)CC3C)C3(Cl)C(=O)N(CC(=O)OCCOC4CCCCC4)C(=O)N(CC(=O)OCCOC4CCCCC4)C3=O)C2C1. The minimum Gasteiger partial charge on any atom is -0.462 e. The molecule has 0 aromatic rings. The van der Waals surface area contributed by atoms with E-state index in [0.717, 1.165) is 135 Å². The lowest BCUT2D eigenvalue weighted by atomic mass is 9.73. The van der Waals surface area contributed by atoms with E-state index in [1.807, 2.05) is 6.92 Å². The van der Waals surface area contributed by atoms with Crippen LogP contribution in [0.4, 0.5) is 4.79 Å². The third kappa shape index (κ3) is 15.0. The van der Waals surface area contributed by atoms with Crippen molar-refractivity contribution in [2.45, 2.75) is 236 Å². The predicted octanol–water partition coefficient (Wildman–Crippen LogP) is 9.36. The van der Waals surface area contributed by atoms with Gasteiger partial charge >= 0.3 is 18.0 Å².